The van der Waals surface area contributed by atoms with Gasteiger partial charge in [-0.25, -0.2) is 0 Å². The van der Waals surface area contributed by atoms with Gasteiger partial charge in [0.2, 0.25) is 0 Å². The summed E-state index contributed by atoms with van der Waals surface area (Å²) in [7, 11) is 0. The normalized spacial score (nSPS) is 15.4. The highest BCUT2D eigenvalue weighted by Gasteiger charge is 2.22. The van der Waals surface area contributed by atoms with Crippen LogP contribution >= 0.6 is 0 Å². The first-order valence-electron chi connectivity index (χ1n) is 13.1. The molecular weight excluding hydrogens is 462 g/mol. The zero-order valence-corrected chi connectivity index (χ0v) is 20.8. The minimum Gasteiger partial charge on any atom is -0.361 e. The van der Waals surface area contributed by atoms with E-state index in [1.165, 1.54) is 54.9 Å². The van der Waals surface area contributed by atoms with Crippen molar-refractivity contribution in [3.05, 3.63) is 145 Å². The minimum absolute atomic E-state index is 0.121. The van der Waals surface area contributed by atoms with Crippen LogP contribution in [0.1, 0.15) is 11.6 Å². The first kappa shape index (κ1) is 21.1. The van der Waals surface area contributed by atoms with Crippen molar-refractivity contribution >= 4 is 49.4 Å². The Bertz CT molecular complexity index is 2040. The number of hydrogen-bond acceptors (Lipinski definition) is 1. The second-order valence-corrected chi connectivity index (χ2v) is 9.86. The van der Waals surface area contributed by atoms with Crippen LogP contribution in [0.15, 0.2) is 140 Å². The Morgan fingerprint density at radius 1 is 0.500 bits per heavy atom. The van der Waals surface area contributed by atoms with Gasteiger partial charge in [0.05, 0.1) is 28.1 Å². The lowest BCUT2D eigenvalue weighted by Crippen LogP contribution is -2.23. The van der Waals surface area contributed by atoms with Crippen molar-refractivity contribution in [2.24, 2.45) is 0 Å². The summed E-state index contributed by atoms with van der Waals surface area (Å²) in [6.07, 6.45) is 6.57. The molecule has 0 bridgehead atoms. The molecule has 1 unspecified atom stereocenters. The molecule has 3 nitrogen and oxygen atoms in total. The predicted molar refractivity (Wildman–Crippen MR) is 160 cm³/mol. The predicted octanol–water partition coefficient (Wildman–Crippen LogP) is 8.59. The van der Waals surface area contributed by atoms with Crippen LogP contribution in [0.25, 0.3) is 55.1 Å². The molecule has 8 rings (SSSR count). The van der Waals surface area contributed by atoms with Crippen molar-refractivity contribution in [1.82, 2.24) is 14.5 Å². The molecule has 1 atom stereocenters. The number of hydrogen-bond donors (Lipinski definition) is 1. The third kappa shape index (κ3) is 3.02. The molecule has 2 aromatic heterocycles. The fraction of sp³-hybridized carbons (Fsp3) is 0.0286. The Balaban J connectivity index is 1.44. The molecule has 7 aromatic rings. The Morgan fingerprint density at radius 2 is 1.05 bits per heavy atom. The van der Waals surface area contributed by atoms with Crippen molar-refractivity contribution in [3.8, 4) is 5.69 Å². The molecule has 0 radical (unpaired) electrons. The monoisotopic (exact) mass is 487 g/mol. The summed E-state index contributed by atoms with van der Waals surface area (Å²) < 4.78 is 4.78. The zero-order valence-electron chi connectivity index (χ0n) is 20.8. The van der Waals surface area contributed by atoms with Crippen molar-refractivity contribution in [2.75, 3.05) is 0 Å². The number of nitrogens with one attached hydrogen (secondary N) is 1. The topological polar surface area (TPSA) is 21.9 Å². The first-order chi connectivity index (χ1) is 18.9. The maximum absolute atomic E-state index is 3.80. The van der Waals surface area contributed by atoms with E-state index in [2.05, 4.69) is 154 Å². The molecule has 1 aliphatic rings. The smallest absolute Gasteiger partial charge is 0.111 e. The molecule has 0 aliphatic carbocycles. The average Bonchev–Trinajstić information content (AvgIpc) is 3.51. The molecule has 0 spiro atoms. The number of rotatable bonds is 3. The van der Waals surface area contributed by atoms with Crippen LogP contribution < -0.4 is 5.32 Å². The molecular formula is C35H25N3. The van der Waals surface area contributed by atoms with Gasteiger partial charge in [-0.05, 0) is 48.0 Å². The summed E-state index contributed by atoms with van der Waals surface area (Å²) in [4.78, 5) is 0. The molecule has 1 N–H and O–H groups in total. The molecule has 0 fully saturated rings. The molecule has 5 aromatic carbocycles. The number of para-hydroxylation sites is 3. The van der Waals surface area contributed by atoms with Crippen molar-refractivity contribution in [2.45, 2.75) is 6.04 Å². The van der Waals surface area contributed by atoms with Crippen molar-refractivity contribution in [1.29, 1.82) is 0 Å². The maximum Gasteiger partial charge on any atom is 0.111 e. The summed E-state index contributed by atoms with van der Waals surface area (Å²) in [5, 5.41) is 8.92. The average molecular weight is 488 g/mol. The number of fused-ring (bicyclic) bond motifs is 7. The lowest BCUT2D eigenvalue weighted by molar-refractivity contribution is 0.736. The summed E-state index contributed by atoms with van der Waals surface area (Å²) >= 11 is 0. The third-order valence-corrected chi connectivity index (χ3v) is 7.75. The van der Waals surface area contributed by atoms with Gasteiger partial charge in [0.1, 0.15) is 5.82 Å². The summed E-state index contributed by atoms with van der Waals surface area (Å²) in [6.45, 7) is 0. The van der Waals surface area contributed by atoms with E-state index >= 15 is 0 Å². The van der Waals surface area contributed by atoms with Gasteiger partial charge >= 0.3 is 0 Å². The SMILES string of the molecule is C1=CC(c2ccccc2)NC(n2c3ccccc3c3c4c5ccccc5n(-c5ccccc5)c4ccc32)=C1. The lowest BCUT2D eigenvalue weighted by atomic mass is 10.0. The van der Waals surface area contributed by atoms with Crippen LogP contribution in [0.2, 0.25) is 0 Å². The summed E-state index contributed by atoms with van der Waals surface area (Å²) in [5.74, 6) is 1.08. The highest BCUT2D eigenvalue weighted by atomic mass is 15.2. The van der Waals surface area contributed by atoms with Gasteiger partial charge in [0, 0.05) is 27.2 Å². The van der Waals surface area contributed by atoms with Crippen LogP contribution in [0, 0.1) is 0 Å². The van der Waals surface area contributed by atoms with Gasteiger partial charge in [0.15, 0.2) is 0 Å². The Labute approximate surface area is 220 Å². The van der Waals surface area contributed by atoms with E-state index in [0.717, 1.165) is 5.82 Å². The zero-order chi connectivity index (χ0) is 25.1. The van der Waals surface area contributed by atoms with Crippen LogP contribution in [-0.2, 0) is 0 Å². The van der Waals surface area contributed by atoms with Gasteiger partial charge in [-0.3, -0.25) is 4.57 Å². The van der Waals surface area contributed by atoms with E-state index in [0.29, 0.717) is 0 Å². The number of nitrogens with zero attached hydrogens (tertiary/aromatic N) is 2. The molecule has 38 heavy (non-hydrogen) atoms. The highest BCUT2D eigenvalue weighted by molar-refractivity contribution is 6.29. The molecule has 0 saturated carbocycles. The molecule has 0 amide bonds. The minimum atomic E-state index is 0.121. The molecule has 3 heterocycles. The standard InChI is InChI=1S/C35H25N3/c1-3-12-24(13-4-1)28-18-11-21-33(36-28)38-30-20-10-8-17-27(30)35-32(38)23-22-31-34(35)26-16-7-9-19-29(26)37(31)25-14-5-2-6-15-25/h1-23,28,36H. The quantitative estimate of drug-likeness (QED) is 0.265. The number of aromatic nitrogens is 2. The van der Waals surface area contributed by atoms with Gasteiger partial charge < -0.3 is 9.88 Å². The maximum atomic E-state index is 3.80. The second kappa shape index (κ2) is 8.25. The van der Waals surface area contributed by atoms with Gasteiger partial charge in [-0.1, -0.05) is 97.1 Å². The Morgan fingerprint density at radius 3 is 1.74 bits per heavy atom. The molecule has 1 aliphatic heterocycles. The Kier molecular flexibility index (Phi) is 4.58. The van der Waals surface area contributed by atoms with Gasteiger partial charge in [-0.2, -0.15) is 0 Å². The molecule has 180 valence electrons. The van der Waals surface area contributed by atoms with Crippen LogP contribution in [0.3, 0.4) is 0 Å². The van der Waals surface area contributed by atoms with Crippen molar-refractivity contribution in [3.63, 3.8) is 0 Å². The van der Waals surface area contributed by atoms with Gasteiger partial charge in [-0.15, -0.1) is 0 Å². The number of allylic oxidation sites excluding steroid dienone is 2. The lowest BCUT2D eigenvalue weighted by Gasteiger charge is -2.24. The van der Waals surface area contributed by atoms with E-state index in [-0.39, 0.29) is 6.04 Å². The first-order valence-corrected chi connectivity index (χ1v) is 13.1. The van der Waals surface area contributed by atoms with Crippen LogP contribution in [-0.4, -0.2) is 9.13 Å². The van der Waals surface area contributed by atoms with Crippen LogP contribution in [0.5, 0.6) is 0 Å². The molecule has 3 heteroatoms. The Hall–Kier alpha value is -5.02. The van der Waals surface area contributed by atoms with Gasteiger partial charge in [0.25, 0.3) is 0 Å². The highest BCUT2D eigenvalue weighted by Crippen LogP contribution is 2.42. The van der Waals surface area contributed by atoms with Crippen molar-refractivity contribution < 1.29 is 0 Å². The van der Waals surface area contributed by atoms with E-state index in [1.807, 2.05) is 0 Å². The summed E-state index contributed by atoms with van der Waals surface area (Å²) in [6, 6.07) is 43.5. The summed E-state index contributed by atoms with van der Waals surface area (Å²) in [5.41, 5.74) is 7.28. The van der Waals surface area contributed by atoms with E-state index in [1.54, 1.807) is 0 Å². The number of dihydropyridines is 1. The van der Waals surface area contributed by atoms with E-state index in [4.69, 9.17) is 0 Å². The van der Waals surface area contributed by atoms with Crippen LogP contribution in [0.4, 0.5) is 0 Å². The fourth-order valence-corrected chi connectivity index (χ4v) is 6.14. The van der Waals surface area contributed by atoms with E-state index in [9.17, 15) is 0 Å². The second-order valence-electron chi connectivity index (χ2n) is 9.86. The largest absolute Gasteiger partial charge is 0.361 e. The number of benzene rings is 5. The molecule has 0 saturated heterocycles. The third-order valence-electron chi connectivity index (χ3n) is 7.75. The fourth-order valence-electron chi connectivity index (χ4n) is 6.14. The van der Waals surface area contributed by atoms with E-state index < -0.39 is 0 Å².